The van der Waals surface area contributed by atoms with Gasteiger partial charge in [0.2, 0.25) is 0 Å². The summed E-state index contributed by atoms with van der Waals surface area (Å²) < 4.78 is 16.4. The van der Waals surface area contributed by atoms with E-state index in [1.165, 1.54) is 0 Å². The first kappa shape index (κ1) is 11.4. The summed E-state index contributed by atoms with van der Waals surface area (Å²) in [6.07, 6.45) is 2.22. The number of hydrogen-bond acceptors (Lipinski definition) is 3. The van der Waals surface area contributed by atoms with E-state index in [4.69, 9.17) is 13.6 Å². The van der Waals surface area contributed by atoms with Gasteiger partial charge in [-0.05, 0) is 19.8 Å². The summed E-state index contributed by atoms with van der Waals surface area (Å²) in [6.45, 7) is 8.56. The molecule has 1 aliphatic rings. The first-order valence-electron chi connectivity index (χ1n) is 4.95. The SMILES string of the molecule is CCOP1OCC(CC)(CC)CO1. The van der Waals surface area contributed by atoms with Gasteiger partial charge < -0.3 is 13.6 Å². The highest BCUT2D eigenvalue weighted by Gasteiger charge is 2.35. The molecule has 0 N–H and O–H groups in total. The van der Waals surface area contributed by atoms with E-state index >= 15 is 0 Å². The van der Waals surface area contributed by atoms with Crippen molar-refractivity contribution in [3.63, 3.8) is 0 Å². The maximum absolute atomic E-state index is 5.54. The van der Waals surface area contributed by atoms with Crippen LogP contribution in [0.2, 0.25) is 0 Å². The van der Waals surface area contributed by atoms with Crippen molar-refractivity contribution < 1.29 is 13.6 Å². The third kappa shape index (κ3) is 2.88. The second kappa shape index (κ2) is 5.26. The monoisotopic (exact) mass is 206 g/mol. The Bertz CT molecular complexity index is 138. The van der Waals surface area contributed by atoms with Crippen LogP contribution in [0.5, 0.6) is 0 Å². The largest absolute Gasteiger partial charge is 0.332 e. The van der Waals surface area contributed by atoms with E-state index in [1.807, 2.05) is 6.92 Å². The number of rotatable bonds is 4. The molecule has 0 unspecified atom stereocenters. The van der Waals surface area contributed by atoms with Gasteiger partial charge in [-0.1, -0.05) is 13.8 Å². The van der Waals surface area contributed by atoms with E-state index in [0.717, 1.165) is 26.1 Å². The first-order valence-corrected chi connectivity index (χ1v) is 6.04. The fourth-order valence-electron chi connectivity index (χ4n) is 1.30. The fourth-order valence-corrected chi connectivity index (χ4v) is 2.49. The molecule has 3 nitrogen and oxygen atoms in total. The van der Waals surface area contributed by atoms with Crippen LogP contribution in [0.25, 0.3) is 0 Å². The standard InChI is InChI=1S/C9H19O3P/c1-4-9(5-2)7-11-13(10-6-3)12-8-9/h4-8H2,1-3H3. The topological polar surface area (TPSA) is 27.7 Å². The predicted octanol–water partition coefficient (Wildman–Crippen LogP) is 3.10. The summed E-state index contributed by atoms with van der Waals surface area (Å²) >= 11 is 0. The molecule has 0 aromatic rings. The van der Waals surface area contributed by atoms with Crippen molar-refractivity contribution in [2.45, 2.75) is 33.6 Å². The molecule has 0 aromatic carbocycles. The molecule has 0 atom stereocenters. The van der Waals surface area contributed by atoms with Crippen molar-refractivity contribution in [1.82, 2.24) is 0 Å². The van der Waals surface area contributed by atoms with E-state index in [9.17, 15) is 0 Å². The van der Waals surface area contributed by atoms with Gasteiger partial charge in [0.25, 0.3) is 0 Å². The highest BCUT2D eigenvalue weighted by Crippen LogP contribution is 2.48. The Kier molecular flexibility index (Phi) is 4.60. The summed E-state index contributed by atoms with van der Waals surface area (Å²) in [5, 5.41) is 0. The van der Waals surface area contributed by atoms with Crippen LogP contribution >= 0.6 is 8.60 Å². The lowest BCUT2D eigenvalue weighted by molar-refractivity contribution is 0.00225. The summed E-state index contributed by atoms with van der Waals surface area (Å²) in [7, 11) is -1.04. The van der Waals surface area contributed by atoms with Gasteiger partial charge in [0.1, 0.15) is 0 Å². The highest BCUT2D eigenvalue weighted by atomic mass is 31.2. The maximum atomic E-state index is 5.54. The van der Waals surface area contributed by atoms with E-state index in [1.54, 1.807) is 0 Å². The van der Waals surface area contributed by atoms with Crippen LogP contribution in [0.15, 0.2) is 0 Å². The molecule has 1 fully saturated rings. The minimum Gasteiger partial charge on any atom is -0.313 e. The minimum absolute atomic E-state index is 0.232. The molecule has 13 heavy (non-hydrogen) atoms. The third-order valence-electron chi connectivity index (χ3n) is 2.69. The second-order valence-electron chi connectivity index (χ2n) is 3.40. The number of hydrogen-bond donors (Lipinski definition) is 0. The molecule has 0 aliphatic carbocycles. The summed E-state index contributed by atoms with van der Waals surface area (Å²) in [5.74, 6) is 0. The van der Waals surface area contributed by atoms with Crippen LogP contribution in [0.3, 0.4) is 0 Å². The van der Waals surface area contributed by atoms with Gasteiger partial charge in [-0.15, -0.1) is 0 Å². The Morgan fingerprint density at radius 2 is 1.69 bits per heavy atom. The van der Waals surface area contributed by atoms with E-state index in [2.05, 4.69) is 13.8 Å². The van der Waals surface area contributed by atoms with Crippen molar-refractivity contribution in [3.8, 4) is 0 Å². The Morgan fingerprint density at radius 1 is 1.15 bits per heavy atom. The molecule has 0 bridgehead atoms. The lowest BCUT2D eigenvalue weighted by Gasteiger charge is -2.37. The Labute approximate surface area is 81.8 Å². The molecule has 1 rings (SSSR count). The van der Waals surface area contributed by atoms with Crippen LogP contribution < -0.4 is 0 Å². The fraction of sp³-hybridized carbons (Fsp3) is 1.00. The van der Waals surface area contributed by atoms with Crippen LogP contribution in [-0.2, 0) is 13.6 Å². The average molecular weight is 206 g/mol. The summed E-state index contributed by atoms with van der Waals surface area (Å²) in [5.41, 5.74) is 0.232. The maximum Gasteiger partial charge on any atom is 0.332 e. The van der Waals surface area contributed by atoms with Crippen molar-refractivity contribution in [1.29, 1.82) is 0 Å². The zero-order valence-electron chi connectivity index (χ0n) is 8.71. The van der Waals surface area contributed by atoms with Gasteiger partial charge in [0, 0.05) is 5.41 Å². The van der Waals surface area contributed by atoms with E-state index < -0.39 is 8.60 Å². The lowest BCUT2D eigenvalue weighted by atomic mass is 9.84. The molecule has 0 radical (unpaired) electrons. The Morgan fingerprint density at radius 3 is 2.08 bits per heavy atom. The van der Waals surface area contributed by atoms with Crippen molar-refractivity contribution >= 4 is 8.60 Å². The van der Waals surface area contributed by atoms with Gasteiger partial charge >= 0.3 is 8.60 Å². The molecule has 0 spiro atoms. The molecular weight excluding hydrogens is 187 g/mol. The van der Waals surface area contributed by atoms with Crippen molar-refractivity contribution in [3.05, 3.63) is 0 Å². The summed E-state index contributed by atoms with van der Waals surface area (Å²) in [4.78, 5) is 0. The van der Waals surface area contributed by atoms with Crippen molar-refractivity contribution in [2.75, 3.05) is 19.8 Å². The zero-order chi connectivity index (χ0) is 9.73. The molecule has 1 aliphatic heterocycles. The van der Waals surface area contributed by atoms with Crippen LogP contribution in [-0.4, -0.2) is 19.8 Å². The molecule has 0 amide bonds. The Balaban J connectivity index is 2.36. The minimum atomic E-state index is -1.04. The third-order valence-corrected chi connectivity index (χ3v) is 3.84. The van der Waals surface area contributed by atoms with Crippen molar-refractivity contribution in [2.24, 2.45) is 5.41 Å². The molecule has 0 saturated carbocycles. The van der Waals surface area contributed by atoms with Crippen LogP contribution in [0.4, 0.5) is 0 Å². The van der Waals surface area contributed by atoms with Gasteiger partial charge in [-0.25, -0.2) is 0 Å². The second-order valence-corrected chi connectivity index (χ2v) is 4.62. The highest BCUT2D eigenvalue weighted by molar-refractivity contribution is 7.41. The quantitative estimate of drug-likeness (QED) is 0.661. The van der Waals surface area contributed by atoms with Gasteiger partial charge in [-0.2, -0.15) is 0 Å². The van der Waals surface area contributed by atoms with E-state index in [-0.39, 0.29) is 5.41 Å². The first-order chi connectivity index (χ1) is 6.26. The molecular formula is C9H19O3P. The zero-order valence-corrected chi connectivity index (χ0v) is 9.60. The molecule has 1 heterocycles. The van der Waals surface area contributed by atoms with Gasteiger partial charge in [-0.3, -0.25) is 0 Å². The molecule has 4 heteroatoms. The van der Waals surface area contributed by atoms with Crippen LogP contribution in [0.1, 0.15) is 33.6 Å². The van der Waals surface area contributed by atoms with E-state index in [0.29, 0.717) is 6.61 Å². The molecule has 78 valence electrons. The average Bonchev–Trinajstić information content (AvgIpc) is 2.20. The lowest BCUT2D eigenvalue weighted by Crippen LogP contribution is -2.33. The predicted molar refractivity (Wildman–Crippen MR) is 53.5 cm³/mol. The molecule has 0 aromatic heterocycles. The Hall–Kier alpha value is 0.310. The van der Waals surface area contributed by atoms with Gasteiger partial charge in [0.05, 0.1) is 19.8 Å². The smallest absolute Gasteiger partial charge is 0.313 e. The van der Waals surface area contributed by atoms with Crippen LogP contribution in [0, 0.1) is 5.41 Å². The molecule has 1 saturated heterocycles. The van der Waals surface area contributed by atoms with Gasteiger partial charge in [0.15, 0.2) is 0 Å². The summed E-state index contributed by atoms with van der Waals surface area (Å²) in [6, 6.07) is 0. The normalized spacial score (nSPS) is 23.3.